The van der Waals surface area contributed by atoms with E-state index in [1.807, 2.05) is 18.2 Å². The van der Waals surface area contributed by atoms with Gasteiger partial charge in [0.25, 0.3) is 0 Å². The van der Waals surface area contributed by atoms with Gasteiger partial charge in [-0.25, -0.2) is 0 Å². The smallest absolute Gasteiger partial charge is 0.232 e. The molecule has 0 N–H and O–H groups in total. The summed E-state index contributed by atoms with van der Waals surface area (Å²) in [5, 5.41) is 1.37. The van der Waals surface area contributed by atoms with Crippen molar-refractivity contribution in [2.75, 3.05) is 4.90 Å². The Bertz CT molecular complexity index is 983. The van der Waals surface area contributed by atoms with Gasteiger partial charge in [-0.1, -0.05) is 53.0 Å². The van der Waals surface area contributed by atoms with Crippen molar-refractivity contribution in [3.05, 3.63) is 74.4 Å². The van der Waals surface area contributed by atoms with Crippen LogP contribution in [0.15, 0.2) is 53.7 Å². The quantitative estimate of drug-likeness (QED) is 0.582. The van der Waals surface area contributed by atoms with Gasteiger partial charge in [-0.05, 0) is 42.7 Å². The topological polar surface area (TPSA) is 37.4 Å². The van der Waals surface area contributed by atoms with Crippen molar-refractivity contribution in [1.82, 2.24) is 0 Å². The maximum absolute atomic E-state index is 13.1. The van der Waals surface area contributed by atoms with E-state index in [2.05, 4.69) is 0 Å². The summed E-state index contributed by atoms with van der Waals surface area (Å²) < 4.78 is 0. The van der Waals surface area contributed by atoms with Crippen molar-refractivity contribution < 1.29 is 9.59 Å². The highest BCUT2D eigenvalue weighted by atomic mass is 35.5. The van der Waals surface area contributed by atoms with Crippen LogP contribution in [0.4, 0.5) is 5.69 Å². The van der Waals surface area contributed by atoms with Crippen LogP contribution in [0.1, 0.15) is 37.2 Å². The Labute approximate surface area is 172 Å². The standard InChI is InChI=1S/C21H16Cl3NO2/c22-15-5-2-1-4-13(15)14-11-20(27)25(12-8-9-16(23)17(24)10-12)18-6-3-7-19(26)21(14)18/h1-2,4-5,8-10,14H,3,6-7,11H2. The summed E-state index contributed by atoms with van der Waals surface area (Å²) in [7, 11) is 0. The third-order valence-electron chi connectivity index (χ3n) is 5.12. The van der Waals surface area contributed by atoms with Crippen LogP contribution in [0.3, 0.4) is 0 Å². The van der Waals surface area contributed by atoms with Gasteiger partial charge in [-0.15, -0.1) is 0 Å². The Hall–Kier alpha value is -1.81. The maximum atomic E-state index is 13.1. The lowest BCUT2D eigenvalue weighted by Gasteiger charge is -2.38. The number of halogens is 3. The molecule has 1 heterocycles. The number of hydrogen-bond donors (Lipinski definition) is 0. The number of rotatable bonds is 2. The Morgan fingerprint density at radius 2 is 1.67 bits per heavy atom. The maximum Gasteiger partial charge on any atom is 0.232 e. The highest BCUT2D eigenvalue weighted by Gasteiger charge is 2.40. The number of Topliss-reactive ketones (excluding diaryl/α,β-unsaturated/α-hetero) is 1. The van der Waals surface area contributed by atoms with E-state index in [0.717, 1.165) is 17.7 Å². The highest BCUT2D eigenvalue weighted by molar-refractivity contribution is 6.42. The van der Waals surface area contributed by atoms with E-state index >= 15 is 0 Å². The summed E-state index contributed by atoms with van der Waals surface area (Å²) in [5.74, 6) is -0.307. The molecule has 0 bridgehead atoms. The van der Waals surface area contributed by atoms with Crippen LogP contribution in [0.2, 0.25) is 15.1 Å². The second-order valence-corrected chi connectivity index (χ2v) is 7.96. The first-order chi connectivity index (χ1) is 13.0. The molecular weight excluding hydrogens is 405 g/mol. The predicted octanol–water partition coefficient (Wildman–Crippen LogP) is 6.17. The molecule has 1 aliphatic carbocycles. The van der Waals surface area contributed by atoms with Crippen LogP contribution in [0.25, 0.3) is 0 Å². The lowest BCUT2D eigenvalue weighted by atomic mass is 9.77. The zero-order chi connectivity index (χ0) is 19.1. The first-order valence-electron chi connectivity index (χ1n) is 8.76. The lowest BCUT2D eigenvalue weighted by molar-refractivity contribution is -0.119. The molecule has 4 rings (SSSR count). The summed E-state index contributed by atoms with van der Waals surface area (Å²) >= 11 is 18.6. The van der Waals surface area contributed by atoms with E-state index in [-0.39, 0.29) is 24.0 Å². The Kier molecular flexibility index (Phi) is 5.02. The molecule has 0 radical (unpaired) electrons. The second kappa shape index (κ2) is 7.31. The van der Waals surface area contributed by atoms with Gasteiger partial charge in [-0.2, -0.15) is 0 Å². The molecule has 1 aliphatic heterocycles. The summed E-state index contributed by atoms with van der Waals surface area (Å²) in [6.45, 7) is 0. The van der Waals surface area contributed by atoms with Crippen LogP contribution >= 0.6 is 34.8 Å². The molecule has 138 valence electrons. The normalized spacial score (nSPS) is 20.1. The van der Waals surface area contributed by atoms with E-state index in [4.69, 9.17) is 34.8 Å². The fourth-order valence-electron chi connectivity index (χ4n) is 3.94. The molecule has 0 spiro atoms. The van der Waals surface area contributed by atoms with Crippen molar-refractivity contribution in [1.29, 1.82) is 0 Å². The molecule has 0 saturated heterocycles. The number of allylic oxidation sites excluding steroid dienone is 2. The average molecular weight is 421 g/mol. The molecule has 0 aromatic heterocycles. The third-order valence-corrected chi connectivity index (χ3v) is 6.20. The summed E-state index contributed by atoms with van der Waals surface area (Å²) in [5.41, 5.74) is 2.91. The van der Waals surface area contributed by atoms with Crippen LogP contribution < -0.4 is 4.90 Å². The van der Waals surface area contributed by atoms with E-state index in [1.54, 1.807) is 29.2 Å². The van der Waals surface area contributed by atoms with E-state index < -0.39 is 0 Å². The van der Waals surface area contributed by atoms with Crippen molar-refractivity contribution in [3.63, 3.8) is 0 Å². The molecule has 1 atom stereocenters. The number of ketones is 1. The number of amides is 1. The Morgan fingerprint density at radius 3 is 2.41 bits per heavy atom. The molecular formula is C21H16Cl3NO2. The minimum Gasteiger partial charge on any atom is -0.294 e. The predicted molar refractivity (Wildman–Crippen MR) is 109 cm³/mol. The largest absolute Gasteiger partial charge is 0.294 e. The second-order valence-electron chi connectivity index (χ2n) is 6.74. The average Bonchev–Trinajstić information content (AvgIpc) is 2.64. The highest BCUT2D eigenvalue weighted by Crippen LogP contribution is 2.45. The van der Waals surface area contributed by atoms with Gasteiger partial charge in [-0.3, -0.25) is 14.5 Å². The third kappa shape index (κ3) is 3.29. The van der Waals surface area contributed by atoms with Crippen molar-refractivity contribution >= 4 is 52.2 Å². The van der Waals surface area contributed by atoms with E-state index in [1.165, 1.54) is 0 Å². The van der Waals surface area contributed by atoms with Gasteiger partial charge in [0, 0.05) is 35.1 Å². The molecule has 1 amide bonds. The minimum absolute atomic E-state index is 0.0771. The zero-order valence-electron chi connectivity index (χ0n) is 14.3. The first-order valence-corrected chi connectivity index (χ1v) is 9.89. The molecule has 2 aromatic rings. The molecule has 2 aromatic carbocycles. The van der Waals surface area contributed by atoms with Gasteiger partial charge >= 0.3 is 0 Å². The number of carbonyl (C=O) groups excluding carboxylic acids is 2. The van der Waals surface area contributed by atoms with Crippen LogP contribution in [-0.2, 0) is 9.59 Å². The minimum atomic E-state index is -0.312. The lowest BCUT2D eigenvalue weighted by Crippen LogP contribution is -2.40. The number of anilines is 1. The fraction of sp³-hybridized carbons (Fsp3) is 0.238. The van der Waals surface area contributed by atoms with Gasteiger partial charge in [0.1, 0.15) is 0 Å². The van der Waals surface area contributed by atoms with Crippen molar-refractivity contribution in [2.45, 2.75) is 31.6 Å². The van der Waals surface area contributed by atoms with Gasteiger partial charge in [0.15, 0.2) is 5.78 Å². The summed E-state index contributed by atoms with van der Waals surface area (Å²) in [4.78, 5) is 27.6. The molecule has 27 heavy (non-hydrogen) atoms. The number of benzene rings is 2. The van der Waals surface area contributed by atoms with Crippen LogP contribution in [-0.4, -0.2) is 11.7 Å². The van der Waals surface area contributed by atoms with Gasteiger partial charge in [0.2, 0.25) is 5.91 Å². The molecule has 3 nitrogen and oxygen atoms in total. The number of carbonyl (C=O) groups is 2. The Balaban J connectivity index is 1.88. The number of nitrogens with zero attached hydrogens (tertiary/aromatic N) is 1. The molecule has 1 unspecified atom stereocenters. The van der Waals surface area contributed by atoms with Crippen molar-refractivity contribution in [3.8, 4) is 0 Å². The zero-order valence-corrected chi connectivity index (χ0v) is 16.6. The van der Waals surface area contributed by atoms with Crippen LogP contribution in [0.5, 0.6) is 0 Å². The van der Waals surface area contributed by atoms with Gasteiger partial charge < -0.3 is 0 Å². The monoisotopic (exact) mass is 419 g/mol. The molecule has 6 heteroatoms. The van der Waals surface area contributed by atoms with E-state index in [9.17, 15) is 9.59 Å². The first kappa shape index (κ1) is 18.5. The molecule has 2 aliphatic rings. The van der Waals surface area contributed by atoms with E-state index in [0.29, 0.717) is 39.2 Å². The number of hydrogen-bond acceptors (Lipinski definition) is 2. The molecule has 0 saturated carbocycles. The molecule has 0 fully saturated rings. The summed E-state index contributed by atoms with van der Waals surface area (Å²) in [6.07, 6.45) is 2.06. The van der Waals surface area contributed by atoms with Gasteiger partial charge in [0.05, 0.1) is 15.7 Å². The van der Waals surface area contributed by atoms with Crippen LogP contribution in [0, 0.1) is 0 Å². The fourth-order valence-corrected chi connectivity index (χ4v) is 4.50. The Morgan fingerprint density at radius 1 is 0.889 bits per heavy atom. The SMILES string of the molecule is O=C1CCCC2=C1C(c1ccccc1Cl)CC(=O)N2c1ccc(Cl)c(Cl)c1. The summed E-state index contributed by atoms with van der Waals surface area (Å²) in [6, 6.07) is 12.5. The van der Waals surface area contributed by atoms with Crippen molar-refractivity contribution in [2.24, 2.45) is 0 Å².